The number of likely N-dealkylation sites (tertiary alicyclic amines) is 1. The van der Waals surface area contributed by atoms with Crippen molar-refractivity contribution < 1.29 is 24.0 Å². The fraction of sp³-hybridized carbons (Fsp3) is 0.550. The topological polar surface area (TPSA) is 168 Å². The van der Waals surface area contributed by atoms with Crippen LogP contribution in [0.4, 0.5) is 0 Å². The van der Waals surface area contributed by atoms with Crippen LogP contribution in [0.5, 0.6) is 0 Å². The molecule has 6 N–H and O–H groups in total. The standard InChI is InChI=1S/C20H28N6O5/c21-17(28)12-3-1-8-25(11-12)10-7-14(24-19(30)13-5-6-16(27)23-13)20(31)26-9-2-4-15(26)18(22)29/h1,8,11,13-15H,2-7,9-10H2,(H2,21,28)(H2,22,29)(H,23,27)(H,24,30)/t13-,14?,15-/m0/s1. The third-order valence-corrected chi connectivity index (χ3v) is 5.74. The maximum Gasteiger partial charge on any atom is 0.246 e. The second-order valence-electron chi connectivity index (χ2n) is 7.95. The molecule has 0 saturated carbocycles. The molecule has 3 aliphatic heterocycles. The Bertz CT molecular complexity index is 838. The maximum atomic E-state index is 13.2. The molecular formula is C20H28N6O5. The molecule has 168 valence electrons. The van der Waals surface area contributed by atoms with E-state index in [-0.39, 0.29) is 24.7 Å². The van der Waals surface area contributed by atoms with Crippen molar-refractivity contribution in [1.82, 2.24) is 20.4 Å². The molecular weight excluding hydrogens is 404 g/mol. The van der Waals surface area contributed by atoms with Gasteiger partial charge < -0.3 is 31.9 Å². The van der Waals surface area contributed by atoms with E-state index in [1.165, 1.54) is 4.90 Å². The van der Waals surface area contributed by atoms with Crippen LogP contribution in [0.15, 0.2) is 24.0 Å². The van der Waals surface area contributed by atoms with E-state index in [4.69, 9.17) is 11.5 Å². The van der Waals surface area contributed by atoms with Crippen LogP contribution in [0, 0.1) is 0 Å². The summed E-state index contributed by atoms with van der Waals surface area (Å²) in [6.45, 7) is 0.713. The number of carbonyl (C=O) groups is 5. The Hall–Kier alpha value is -3.37. The molecule has 0 aromatic rings. The monoisotopic (exact) mass is 432 g/mol. The summed E-state index contributed by atoms with van der Waals surface area (Å²) in [5, 5.41) is 5.31. The van der Waals surface area contributed by atoms with Crippen molar-refractivity contribution >= 4 is 29.5 Å². The lowest BCUT2D eigenvalue weighted by atomic mass is 10.1. The number of primary amides is 2. The molecule has 0 bridgehead atoms. The zero-order chi connectivity index (χ0) is 22.5. The summed E-state index contributed by atoms with van der Waals surface area (Å²) in [5.74, 6) is -2.14. The summed E-state index contributed by atoms with van der Waals surface area (Å²) in [6.07, 6.45) is 7.58. The lowest BCUT2D eigenvalue weighted by Crippen LogP contribution is -2.55. The number of nitrogens with zero attached hydrogens (tertiary/aromatic N) is 2. The third kappa shape index (κ3) is 5.41. The van der Waals surface area contributed by atoms with Crippen molar-refractivity contribution in [1.29, 1.82) is 0 Å². The first kappa shape index (κ1) is 22.3. The molecule has 3 rings (SSSR count). The van der Waals surface area contributed by atoms with E-state index in [0.717, 1.165) is 0 Å². The van der Waals surface area contributed by atoms with Gasteiger partial charge in [-0.2, -0.15) is 0 Å². The number of nitrogens with two attached hydrogens (primary N) is 2. The van der Waals surface area contributed by atoms with Crippen LogP contribution in [0.25, 0.3) is 0 Å². The van der Waals surface area contributed by atoms with Crippen molar-refractivity contribution in [3.63, 3.8) is 0 Å². The van der Waals surface area contributed by atoms with Crippen molar-refractivity contribution in [2.24, 2.45) is 11.5 Å². The van der Waals surface area contributed by atoms with Gasteiger partial charge in [-0.25, -0.2) is 0 Å². The van der Waals surface area contributed by atoms with Crippen LogP contribution < -0.4 is 22.1 Å². The van der Waals surface area contributed by atoms with Crippen LogP contribution >= 0.6 is 0 Å². The normalized spacial score (nSPS) is 23.9. The minimum atomic E-state index is -0.911. The van der Waals surface area contributed by atoms with E-state index >= 15 is 0 Å². The number of allylic oxidation sites excluding steroid dienone is 1. The van der Waals surface area contributed by atoms with Crippen LogP contribution in [-0.4, -0.2) is 70.6 Å². The SMILES string of the molecule is NC(=O)C1=CN(CCC(NC(=O)[C@@H]2CCC(=O)N2)C(=O)N2CCC[C@H]2C(N)=O)C=CC1. The van der Waals surface area contributed by atoms with E-state index < -0.39 is 35.8 Å². The zero-order valence-electron chi connectivity index (χ0n) is 17.2. The summed E-state index contributed by atoms with van der Waals surface area (Å²) in [5.41, 5.74) is 11.2. The molecule has 1 unspecified atom stereocenters. The second-order valence-corrected chi connectivity index (χ2v) is 7.95. The molecule has 0 aromatic heterocycles. The molecule has 0 aromatic carbocycles. The van der Waals surface area contributed by atoms with Gasteiger partial charge in [0, 0.05) is 31.3 Å². The number of nitrogens with one attached hydrogen (secondary N) is 2. The Labute approximate surface area is 179 Å². The molecule has 0 aliphatic carbocycles. The highest BCUT2D eigenvalue weighted by atomic mass is 16.2. The quantitative estimate of drug-likeness (QED) is 0.353. The first-order valence-corrected chi connectivity index (χ1v) is 10.4. The van der Waals surface area contributed by atoms with Crippen molar-refractivity contribution in [2.75, 3.05) is 13.1 Å². The number of hydrogen-bond acceptors (Lipinski definition) is 6. The zero-order valence-corrected chi connectivity index (χ0v) is 17.2. The van der Waals surface area contributed by atoms with Crippen LogP contribution in [0.1, 0.15) is 38.5 Å². The van der Waals surface area contributed by atoms with Crippen molar-refractivity contribution in [3.05, 3.63) is 24.0 Å². The van der Waals surface area contributed by atoms with Gasteiger partial charge in [0.25, 0.3) is 0 Å². The fourth-order valence-electron chi connectivity index (χ4n) is 4.06. The maximum absolute atomic E-state index is 13.2. The van der Waals surface area contributed by atoms with Gasteiger partial charge in [0.05, 0.1) is 0 Å². The summed E-state index contributed by atoms with van der Waals surface area (Å²) >= 11 is 0. The molecule has 3 heterocycles. The first-order chi connectivity index (χ1) is 14.8. The molecule has 11 nitrogen and oxygen atoms in total. The van der Waals surface area contributed by atoms with Crippen LogP contribution in [-0.2, 0) is 24.0 Å². The summed E-state index contributed by atoms with van der Waals surface area (Å²) in [6, 6.07) is -2.30. The lowest BCUT2D eigenvalue weighted by Gasteiger charge is -2.30. The molecule has 2 fully saturated rings. The van der Waals surface area contributed by atoms with E-state index in [0.29, 0.717) is 44.3 Å². The fourth-order valence-corrected chi connectivity index (χ4v) is 4.06. The smallest absolute Gasteiger partial charge is 0.246 e. The molecule has 3 aliphatic rings. The Morgan fingerprint density at radius 2 is 2.00 bits per heavy atom. The Morgan fingerprint density at radius 1 is 1.23 bits per heavy atom. The predicted octanol–water partition coefficient (Wildman–Crippen LogP) is -1.80. The average molecular weight is 432 g/mol. The third-order valence-electron chi connectivity index (χ3n) is 5.74. The second kappa shape index (κ2) is 9.63. The van der Waals surface area contributed by atoms with Gasteiger partial charge in [-0.05, 0) is 38.3 Å². The first-order valence-electron chi connectivity index (χ1n) is 10.4. The molecule has 5 amide bonds. The minimum absolute atomic E-state index is 0.209. The van der Waals surface area contributed by atoms with E-state index in [9.17, 15) is 24.0 Å². The molecule has 2 saturated heterocycles. The largest absolute Gasteiger partial charge is 0.368 e. The molecule has 0 radical (unpaired) electrons. The Morgan fingerprint density at radius 3 is 2.65 bits per heavy atom. The number of rotatable bonds is 8. The summed E-state index contributed by atoms with van der Waals surface area (Å²) in [7, 11) is 0. The molecule has 31 heavy (non-hydrogen) atoms. The number of hydrogen-bond donors (Lipinski definition) is 4. The van der Waals surface area contributed by atoms with Gasteiger partial charge in [0.15, 0.2) is 0 Å². The van der Waals surface area contributed by atoms with E-state index in [2.05, 4.69) is 10.6 Å². The molecule has 11 heteroatoms. The molecule has 0 spiro atoms. The van der Waals surface area contributed by atoms with Gasteiger partial charge >= 0.3 is 0 Å². The van der Waals surface area contributed by atoms with Gasteiger partial charge in [-0.1, -0.05) is 6.08 Å². The molecule has 3 atom stereocenters. The van der Waals surface area contributed by atoms with Gasteiger partial charge in [0.2, 0.25) is 29.5 Å². The van der Waals surface area contributed by atoms with Crippen LogP contribution in [0.3, 0.4) is 0 Å². The minimum Gasteiger partial charge on any atom is -0.368 e. The van der Waals surface area contributed by atoms with Crippen LogP contribution in [0.2, 0.25) is 0 Å². The Kier molecular flexibility index (Phi) is 6.93. The van der Waals surface area contributed by atoms with Gasteiger partial charge in [-0.3, -0.25) is 24.0 Å². The van der Waals surface area contributed by atoms with Crippen molar-refractivity contribution in [2.45, 2.75) is 56.7 Å². The summed E-state index contributed by atoms with van der Waals surface area (Å²) in [4.78, 5) is 63.6. The van der Waals surface area contributed by atoms with E-state index in [1.54, 1.807) is 23.4 Å². The number of carbonyl (C=O) groups excluding carboxylic acids is 5. The average Bonchev–Trinajstić information content (AvgIpc) is 3.40. The predicted molar refractivity (Wildman–Crippen MR) is 109 cm³/mol. The highest BCUT2D eigenvalue weighted by Crippen LogP contribution is 2.20. The van der Waals surface area contributed by atoms with Gasteiger partial charge in [-0.15, -0.1) is 0 Å². The summed E-state index contributed by atoms with van der Waals surface area (Å²) < 4.78 is 0. The Balaban J connectivity index is 1.71. The lowest BCUT2D eigenvalue weighted by molar-refractivity contribution is -0.141. The number of amides is 5. The van der Waals surface area contributed by atoms with Gasteiger partial charge in [0.1, 0.15) is 18.1 Å². The van der Waals surface area contributed by atoms with E-state index in [1.807, 2.05) is 0 Å². The van der Waals surface area contributed by atoms with Crippen molar-refractivity contribution in [3.8, 4) is 0 Å². The highest BCUT2D eigenvalue weighted by Gasteiger charge is 2.38. The highest BCUT2D eigenvalue weighted by molar-refractivity contribution is 5.95.